The van der Waals surface area contributed by atoms with Gasteiger partial charge in [0, 0.05) is 24.2 Å². The van der Waals surface area contributed by atoms with Crippen molar-refractivity contribution in [3.63, 3.8) is 0 Å². The Kier molecular flexibility index (Phi) is 6.83. The summed E-state index contributed by atoms with van der Waals surface area (Å²) in [6, 6.07) is 14.2. The number of amides is 2. The van der Waals surface area contributed by atoms with E-state index in [1.165, 1.54) is 7.11 Å². The Labute approximate surface area is 191 Å². The van der Waals surface area contributed by atoms with Crippen molar-refractivity contribution < 1.29 is 23.6 Å². The van der Waals surface area contributed by atoms with E-state index in [0.717, 1.165) is 42.6 Å². The number of fused-ring (bicyclic) bond motifs is 1. The van der Waals surface area contributed by atoms with Crippen molar-refractivity contribution in [1.29, 1.82) is 0 Å². The fourth-order valence-electron chi connectivity index (χ4n) is 3.92. The molecule has 2 amide bonds. The van der Waals surface area contributed by atoms with E-state index in [1.54, 1.807) is 18.2 Å². The Morgan fingerprint density at radius 3 is 2.61 bits per heavy atom. The van der Waals surface area contributed by atoms with Crippen LogP contribution in [0.25, 0.3) is 0 Å². The van der Waals surface area contributed by atoms with E-state index in [0.29, 0.717) is 16.9 Å². The number of anilines is 1. The molecule has 1 heterocycles. The average Bonchev–Trinajstić information content (AvgIpc) is 3.27. The molecule has 1 aliphatic carbocycles. The van der Waals surface area contributed by atoms with E-state index >= 15 is 0 Å². The van der Waals surface area contributed by atoms with Gasteiger partial charge >= 0.3 is 5.97 Å². The van der Waals surface area contributed by atoms with Crippen molar-refractivity contribution in [3.8, 4) is 0 Å². The molecule has 170 valence electrons. The normalized spacial score (nSPS) is 12.5. The van der Waals surface area contributed by atoms with E-state index in [1.807, 2.05) is 30.3 Å². The first-order valence-corrected chi connectivity index (χ1v) is 10.8. The predicted molar refractivity (Wildman–Crippen MR) is 121 cm³/mol. The Bertz CT molecular complexity index is 1170. The summed E-state index contributed by atoms with van der Waals surface area (Å²) >= 11 is 0. The first-order chi connectivity index (χ1) is 16.0. The Morgan fingerprint density at radius 1 is 1.03 bits per heavy atom. The van der Waals surface area contributed by atoms with Gasteiger partial charge in [-0.05, 0) is 48.6 Å². The van der Waals surface area contributed by atoms with Gasteiger partial charge in [-0.25, -0.2) is 4.79 Å². The molecule has 33 heavy (non-hydrogen) atoms. The second-order valence-corrected chi connectivity index (χ2v) is 7.94. The van der Waals surface area contributed by atoms with Gasteiger partial charge in [-0.15, -0.1) is 0 Å². The summed E-state index contributed by atoms with van der Waals surface area (Å²) in [4.78, 5) is 37.3. The number of ether oxygens (including phenoxy) is 1. The summed E-state index contributed by atoms with van der Waals surface area (Å²) in [6.07, 6.45) is 3.80. The van der Waals surface area contributed by atoms with Crippen molar-refractivity contribution in [3.05, 3.63) is 82.2 Å². The average molecular weight is 447 g/mol. The third kappa shape index (κ3) is 5.46. The lowest BCUT2D eigenvalue weighted by Gasteiger charge is -2.12. The van der Waals surface area contributed by atoms with Crippen LogP contribution < -0.4 is 10.6 Å². The topological polar surface area (TPSA) is 111 Å². The third-order valence-corrected chi connectivity index (χ3v) is 5.52. The number of benzene rings is 2. The van der Waals surface area contributed by atoms with Crippen molar-refractivity contribution in [1.82, 2.24) is 10.5 Å². The smallest absolute Gasteiger partial charge is 0.337 e. The molecule has 0 aliphatic heterocycles. The quantitative estimate of drug-likeness (QED) is 0.537. The van der Waals surface area contributed by atoms with E-state index < -0.39 is 5.97 Å². The number of hydrogen-bond donors (Lipinski definition) is 2. The zero-order valence-electron chi connectivity index (χ0n) is 18.3. The zero-order valence-corrected chi connectivity index (χ0v) is 18.3. The Hall–Kier alpha value is -3.94. The maximum atomic E-state index is 12.7. The van der Waals surface area contributed by atoms with Crippen LogP contribution in [-0.2, 0) is 35.3 Å². The molecule has 1 aliphatic rings. The molecule has 0 unspecified atom stereocenters. The van der Waals surface area contributed by atoms with Gasteiger partial charge in [0.2, 0.25) is 5.91 Å². The number of rotatable bonds is 7. The fraction of sp³-hybridized carbons (Fsp3) is 0.280. The van der Waals surface area contributed by atoms with Crippen LogP contribution in [0.15, 0.2) is 53.1 Å². The highest BCUT2D eigenvalue weighted by atomic mass is 16.5. The van der Waals surface area contributed by atoms with Gasteiger partial charge in [0.1, 0.15) is 5.76 Å². The monoisotopic (exact) mass is 447 g/mol. The predicted octanol–water partition coefficient (Wildman–Crippen LogP) is 3.45. The summed E-state index contributed by atoms with van der Waals surface area (Å²) in [7, 11) is 1.29. The van der Waals surface area contributed by atoms with E-state index in [-0.39, 0.29) is 30.3 Å². The van der Waals surface area contributed by atoms with Crippen LogP contribution in [0.3, 0.4) is 0 Å². The molecule has 0 saturated heterocycles. The lowest BCUT2D eigenvalue weighted by Crippen LogP contribution is -2.25. The number of nitrogens with one attached hydrogen (secondary N) is 2. The molecule has 0 spiro atoms. The van der Waals surface area contributed by atoms with Crippen LogP contribution in [0, 0.1) is 0 Å². The van der Waals surface area contributed by atoms with Gasteiger partial charge < -0.3 is 19.9 Å². The number of hydrogen-bond acceptors (Lipinski definition) is 6. The van der Waals surface area contributed by atoms with E-state index in [2.05, 4.69) is 15.8 Å². The van der Waals surface area contributed by atoms with Gasteiger partial charge in [-0.1, -0.05) is 35.5 Å². The number of aryl methyl sites for hydroxylation is 1. The first-order valence-electron chi connectivity index (χ1n) is 10.8. The number of aromatic nitrogens is 1. The van der Waals surface area contributed by atoms with Crippen LogP contribution in [0.2, 0.25) is 0 Å². The lowest BCUT2D eigenvalue weighted by atomic mass is 9.96. The maximum absolute atomic E-state index is 12.7. The first kappa shape index (κ1) is 22.3. The highest BCUT2D eigenvalue weighted by Gasteiger charge is 2.24. The van der Waals surface area contributed by atoms with Gasteiger partial charge in [-0.3, -0.25) is 9.59 Å². The second kappa shape index (κ2) is 10.1. The molecule has 0 saturated carbocycles. The molecule has 3 aromatic rings. The van der Waals surface area contributed by atoms with Crippen LogP contribution in [0.5, 0.6) is 0 Å². The highest BCUT2D eigenvalue weighted by molar-refractivity contribution is 5.96. The van der Waals surface area contributed by atoms with Crippen LogP contribution in [0.4, 0.5) is 5.69 Å². The summed E-state index contributed by atoms with van der Waals surface area (Å²) in [5.74, 6) is -0.303. The van der Waals surface area contributed by atoms with Crippen molar-refractivity contribution in [2.24, 2.45) is 0 Å². The summed E-state index contributed by atoms with van der Waals surface area (Å²) < 4.78 is 10.1. The molecule has 0 atom stereocenters. The zero-order chi connectivity index (χ0) is 23.2. The molecule has 0 fully saturated rings. The summed E-state index contributed by atoms with van der Waals surface area (Å²) in [6.45, 7) is 0.146. The largest absolute Gasteiger partial charge is 0.465 e. The van der Waals surface area contributed by atoms with Gasteiger partial charge in [-0.2, -0.15) is 0 Å². The number of carbonyl (C=O) groups excluding carboxylic acids is 3. The number of carbonyl (C=O) groups is 3. The molecule has 2 aromatic carbocycles. The van der Waals surface area contributed by atoms with Gasteiger partial charge in [0.25, 0.3) is 5.91 Å². The minimum absolute atomic E-state index is 0.146. The Balaban J connectivity index is 1.47. The fourth-order valence-corrected chi connectivity index (χ4v) is 3.92. The van der Waals surface area contributed by atoms with Crippen LogP contribution in [-0.4, -0.2) is 30.1 Å². The molecular formula is C25H25N3O5. The van der Waals surface area contributed by atoms with Crippen LogP contribution >= 0.6 is 0 Å². The summed E-state index contributed by atoms with van der Waals surface area (Å²) in [5, 5.41) is 9.60. The number of nitrogens with zero attached hydrogens (tertiary/aromatic N) is 1. The molecule has 2 N–H and O–H groups in total. The molecule has 8 nitrogen and oxygen atoms in total. The minimum Gasteiger partial charge on any atom is -0.465 e. The van der Waals surface area contributed by atoms with Gasteiger partial charge in [0.15, 0.2) is 5.69 Å². The van der Waals surface area contributed by atoms with E-state index in [9.17, 15) is 14.4 Å². The standard InChI is InChI=1S/C25H25N3O5/c1-32-25(31)18-11-17(12-19(14-18)27-22(29)13-16-7-3-2-4-8-16)15-26-24(30)23-20-9-5-6-10-21(20)33-28-23/h2-4,7-8,11-12,14H,5-6,9-10,13,15H2,1H3,(H,26,30)(H,27,29). The number of methoxy groups -OCH3 is 1. The SMILES string of the molecule is COC(=O)c1cc(CNC(=O)c2noc3c2CCCC3)cc(NC(=O)Cc2ccccc2)c1. The van der Waals surface area contributed by atoms with Gasteiger partial charge in [0.05, 0.1) is 19.1 Å². The maximum Gasteiger partial charge on any atom is 0.337 e. The van der Waals surface area contributed by atoms with Crippen molar-refractivity contribution >= 4 is 23.5 Å². The van der Waals surface area contributed by atoms with Crippen LogP contribution in [0.1, 0.15) is 56.1 Å². The molecule has 0 bridgehead atoms. The van der Waals surface area contributed by atoms with Crippen molar-refractivity contribution in [2.75, 3.05) is 12.4 Å². The highest BCUT2D eigenvalue weighted by Crippen LogP contribution is 2.24. The molecule has 1 aromatic heterocycles. The molecule has 0 radical (unpaired) electrons. The third-order valence-electron chi connectivity index (χ3n) is 5.52. The van der Waals surface area contributed by atoms with Crippen molar-refractivity contribution in [2.45, 2.75) is 38.6 Å². The number of esters is 1. The lowest BCUT2D eigenvalue weighted by molar-refractivity contribution is -0.115. The minimum atomic E-state index is -0.535. The second-order valence-electron chi connectivity index (χ2n) is 7.94. The molecule has 4 rings (SSSR count). The summed E-state index contributed by atoms with van der Waals surface area (Å²) in [5.41, 5.74) is 3.42. The molecular weight excluding hydrogens is 422 g/mol. The molecule has 8 heteroatoms. The van der Waals surface area contributed by atoms with E-state index in [4.69, 9.17) is 9.26 Å². The Morgan fingerprint density at radius 2 is 1.82 bits per heavy atom.